The fourth-order valence-electron chi connectivity index (χ4n) is 5.22. The van der Waals surface area contributed by atoms with Crippen LogP contribution in [0.2, 0.25) is 0 Å². The second kappa shape index (κ2) is 11.6. The molecule has 1 aliphatic carbocycles. The first kappa shape index (κ1) is 30.5. The van der Waals surface area contributed by atoms with Crippen molar-refractivity contribution in [2.75, 3.05) is 14.2 Å². The van der Waals surface area contributed by atoms with Gasteiger partial charge in [0.25, 0.3) is 0 Å². The van der Waals surface area contributed by atoms with Crippen LogP contribution < -0.4 is 26.5 Å². The summed E-state index contributed by atoms with van der Waals surface area (Å²) in [5, 5.41) is 22.4. The number of hydrogen-bond acceptors (Lipinski definition) is 4. The van der Waals surface area contributed by atoms with Crippen molar-refractivity contribution >= 4 is 12.4 Å². The number of phenols is 2. The predicted molar refractivity (Wildman–Crippen MR) is 144 cm³/mol. The van der Waals surface area contributed by atoms with E-state index in [1.165, 1.54) is 12.8 Å². The van der Waals surface area contributed by atoms with Crippen LogP contribution in [0.4, 0.5) is 0 Å². The van der Waals surface area contributed by atoms with Crippen molar-refractivity contribution in [2.45, 2.75) is 90.1 Å². The van der Waals surface area contributed by atoms with Gasteiger partial charge in [0.2, 0.25) is 0 Å². The number of hydrogen-bond donors (Lipinski definition) is 2. The van der Waals surface area contributed by atoms with Gasteiger partial charge in [0.1, 0.15) is 0 Å². The molecule has 38 heavy (non-hydrogen) atoms. The molecule has 1 saturated heterocycles. The fraction of sp³-hybridized carbons (Fsp3) is 0.533. The number of ether oxygens (including phenoxy) is 2. The number of aromatic hydroxyl groups is 2. The maximum absolute atomic E-state index is 11.2. The molecule has 2 aromatic rings. The van der Waals surface area contributed by atoms with Crippen LogP contribution in [-0.4, -0.2) is 56.1 Å². The van der Waals surface area contributed by atoms with Gasteiger partial charge in [0.15, 0.2) is 0 Å². The number of methoxy groups -OCH3 is 2. The second-order valence-electron chi connectivity index (χ2n) is 12.2. The van der Waals surface area contributed by atoms with Gasteiger partial charge < -0.3 is 17.0 Å². The molecular formula is C30H42BrMnN2O4+. The molecule has 6 nitrogen and oxygen atoms in total. The summed E-state index contributed by atoms with van der Waals surface area (Å²) >= 11 is 0.323. The van der Waals surface area contributed by atoms with Crippen LogP contribution in [-0.2, 0) is 26.2 Å². The summed E-state index contributed by atoms with van der Waals surface area (Å²) < 4.78 is 15.9. The Kier molecular flexibility index (Phi) is 9.32. The minimum absolute atomic E-state index is 0. The van der Waals surface area contributed by atoms with E-state index in [1.54, 1.807) is 14.2 Å². The second-order valence-corrected chi connectivity index (χ2v) is 13.6. The summed E-state index contributed by atoms with van der Waals surface area (Å²) in [6, 6.07) is 8.40. The van der Waals surface area contributed by atoms with E-state index in [2.05, 4.69) is 61.2 Å². The van der Waals surface area contributed by atoms with Crippen LogP contribution in [0.5, 0.6) is 23.0 Å². The molecule has 1 aliphatic heterocycles. The van der Waals surface area contributed by atoms with Crippen molar-refractivity contribution in [3.63, 3.8) is 0 Å². The Morgan fingerprint density at radius 2 is 1.11 bits per heavy atom. The van der Waals surface area contributed by atoms with Crippen LogP contribution in [0, 0.1) is 0 Å². The first-order valence-electron chi connectivity index (χ1n) is 13.1. The SMILES string of the molecule is COc1cc(C=[N+]2[Mn][N+](=Cc3cc(OC)cc(C(C)(C)C)c3O)[C@@H]3CCCC[C@H]32)c(O)c(C(C)(C)C)c1.[Br-]. The van der Waals surface area contributed by atoms with Gasteiger partial charge in [-0.3, -0.25) is 0 Å². The Balaban J connectivity index is 0.00000400. The molecule has 209 valence electrons. The third-order valence-electron chi connectivity index (χ3n) is 7.34. The molecule has 0 radical (unpaired) electrons. The predicted octanol–water partition coefficient (Wildman–Crippen LogP) is 2.51. The van der Waals surface area contributed by atoms with Crippen LogP contribution in [0.15, 0.2) is 24.3 Å². The summed E-state index contributed by atoms with van der Waals surface area (Å²) in [7, 11) is 3.33. The Hall–Kier alpha value is -2.02. The molecule has 4 rings (SSSR count). The molecule has 0 unspecified atom stereocenters. The molecule has 1 heterocycles. The molecule has 2 aliphatic rings. The van der Waals surface area contributed by atoms with Crippen molar-refractivity contribution in [1.82, 2.24) is 0 Å². The number of rotatable bonds is 4. The van der Waals surface area contributed by atoms with E-state index in [1.807, 2.05) is 24.3 Å². The molecular weight excluding hydrogens is 587 g/mol. The van der Waals surface area contributed by atoms with E-state index < -0.39 is 0 Å². The first-order chi connectivity index (χ1) is 17.3. The molecule has 2 aromatic carbocycles. The summed E-state index contributed by atoms with van der Waals surface area (Å²) in [6.07, 6.45) is 8.81. The Morgan fingerprint density at radius 3 is 1.42 bits per heavy atom. The quantitative estimate of drug-likeness (QED) is 0.511. The topological polar surface area (TPSA) is 64.9 Å². The molecule has 0 bridgehead atoms. The summed E-state index contributed by atoms with van der Waals surface area (Å²) in [5.74, 6) is 2.12. The van der Waals surface area contributed by atoms with Gasteiger partial charge >= 0.3 is 229 Å². The number of phenolic OH excluding ortho intramolecular Hbond substituents is 2. The summed E-state index contributed by atoms with van der Waals surface area (Å²) in [6.45, 7) is 12.6. The monoisotopic (exact) mass is 628 g/mol. The average Bonchev–Trinajstić information content (AvgIpc) is 3.17. The Bertz CT molecular complexity index is 1150. The molecule has 2 atom stereocenters. The smallest absolute Gasteiger partial charge is 1.00 e. The number of halogens is 1. The zero-order valence-corrected chi connectivity index (χ0v) is 26.6. The normalized spacial score (nSPS) is 21.8. The van der Waals surface area contributed by atoms with E-state index in [4.69, 9.17) is 9.47 Å². The van der Waals surface area contributed by atoms with Gasteiger partial charge in [-0.05, 0) is 0 Å². The summed E-state index contributed by atoms with van der Waals surface area (Å²) in [5.41, 5.74) is 2.89. The van der Waals surface area contributed by atoms with Crippen molar-refractivity contribution in [1.29, 1.82) is 0 Å². The average molecular weight is 630 g/mol. The molecule has 0 amide bonds. The largest absolute Gasteiger partial charge is 1.00 e. The minimum Gasteiger partial charge on any atom is -1.00 e. The van der Waals surface area contributed by atoms with Crippen LogP contribution in [0.1, 0.15) is 89.5 Å². The standard InChI is InChI=1S/C30H42N2O4.BrH.Mn/c1-29(2,3)23-15-21(35-7)13-19(27(23)33)17-31-25-11-9-10-12-26(25)32-18-20-14-22(36-8)16-24(28(20)34)30(4,5)6;;/h13-18,25-26,33-34H,9-12H2,1-8H3;1H;/q;;+2/p-1/t25-,26-;;/m1../s1. The van der Waals surface area contributed by atoms with Crippen LogP contribution in [0.3, 0.4) is 0 Å². The molecule has 2 N–H and O–H groups in total. The van der Waals surface area contributed by atoms with Gasteiger partial charge in [0, 0.05) is 0 Å². The molecule has 0 aromatic heterocycles. The van der Waals surface area contributed by atoms with Crippen LogP contribution >= 0.6 is 0 Å². The van der Waals surface area contributed by atoms with E-state index in [-0.39, 0.29) is 27.8 Å². The van der Waals surface area contributed by atoms with E-state index >= 15 is 0 Å². The van der Waals surface area contributed by atoms with Gasteiger partial charge in [-0.25, -0.2) is 0 Å². The number of benzene rings is 2. The minimum atomic E-state index is -0.212. The van der Waals surface area contributed by atoms with Crippen molar-refractivity contribution < 1.29 is 59.2 Å². The molecule has 0 spiro atoms. The number of fused-ring (bicyclic) bond motifs is 1. The van der Waals surface area contributed by atoms with Gasteiger partial charge in [-0.1, -0.05) is 0 Å². The van der Waals surface area contributed by atoms with E-state index in [9.17, 15) is 10.2 Å². The summed E-state index contributed by atoms with van der Waals surface area (Å²) in [4.78, 5) is 0. The first-order valence-corrected chi connectivity index (χ1v) is 14.1. The maximum atomic E-state index is 11.2. The third kappa shape index (κ3) is 6.24. The van der Waals surface area contributed by atoms with Crippen molar-refractivity contribution in [3.8, 4) is 23.0 Å². The van der Waals surface area contributed by atoms with Gasteiger partial charge in [-0.2, -0.15) is 0 Å². The van der Waals surface area contributed by atoms with Gasteiger partial charge in [0.05, 0.1) is 0 Å². The van der Waals surface area contributed by atoms with Gasteiger partial charge in [-0.15, -0.1) is 0 Å². The van der Waals surface area contributed by atoms with E-state index in [0.717, 1.165) is 46.6 Å². The Labute approximate surface area is 244 Å². The molecule has 1 saturated carbocycles. The number of nitrogens with zero attached hydrogens (tertiary/aromatic N) is 2. The van der Waals surface area contributed by atoms with Crippen molar-refractivity contribution in [2.24, 2.45) is 0 Å². The molecule has 8 heteroatoms. The molecule has 2 fully saturated rings. The third-order valence-corrected chi connectivity index (χ3v) is 8.97. The van der Waals surface area contributed by atoms with E-state index in [0.29, 0.717) is 39.0 Å². The zero-order chi connectivity index (χ0) is 27.1. The zero-order valence-electron chi connectivity index (χ0n) is 23.8. The van der Waals surface area contributed by atoms with Crippen molar-refractivity contribution in [3.05, 3.63) is 46.5 Å². The van der Waals surface area contributed by atoms with Crippen LogP contribution in [0.25, 0.3) is 0 Å². The maximum Gasteiger partial charge on any atom is -1.00 e. The fourth-order valence-corrected chi connectivity index (χ4v) is 7.06. The Morgan fingerprint density at radius 1 is 0.737 bits per heavy atom.